The summed E-state index contributed by atoms with van der Waals surface area (Å²) in [4.78, 5) is 0. The molecule has 0 bridgehead atoms. The summed E-state index contributed by atoms with van der Waals surface area (Å²) in [6, 6.07) is 12.1. The molecule has 0 amide bonds. The van der Waals surface area contributed by atoms with Gasteiger partial charge in [-0.3, -0.25) is 11.3 Å². The summed E-state index contributed by atoms with van der Waals surface area (Å²) in [5.41, 5.74) is 4.48. The molecule has 0 aliphatic heterocycles. The number of halogens is 2. The first-order chi connectivity index (χ1) is 9.63. The van der Waals surface area contributed by atoms with E-state index in [1.807, 2.05) is 24.3 Å². The molecule has 2 aromatic carbocycles. The number of rotatable bonds is 5. The normalized spacial score (nSPS) is 12.2. The van der Waals surface area contributed by atoms with Gasteiger partial charge < -0.3 is 4.74 Å². The number of hydrazine groups is 1. The van der Waals surface area contributed by atoms with Crippen LogP contribution in [0.2, 0.25) is 5.02 Å². The zero-order valence-electron chi connectivity index (χ0n) is 11.1. The summed E-state index contributed by atoms with van der Waals surface area (Å²) in [6.45, 7) is 0. The minimum Gasteiger partial charge on any atom is -0.494 e. The minimum atomic E-state index is -0.406. The molecule has 0 saturated heterocycles. The summed E-state index contributed by atoms with van der Waals surface area (Å²) in [6.07, 6.45) is 0.614. The van der Waals surface area contributed by atoms with E-state index >= 15 is 0 Å². The quantitative estimate of drug-likeness (QED) is 0.657. The average molecular weight is 295 g/mol. The van der Waals surface area contributed by atoms with Gasteiger partial charge in [0.15, 0.2) is 11.6 Å². The predicted molar refractivity (Wildman–Crippen MR) is 78.2 cm³/mol. The molecule has 106 valence electrons. The summed E-state index contributed by atoms with van der Waals surface area (Å²) in [5.74, 6) is 5.38. The SMILES string of the molecule is COc1ccc(C(Cc2cccc(Cl)c2)NN)cc1F. The van der Waals surface area contributed by atoms with Gasteiger partial charge in [0, 0.05) is 5.02 Å². The molecule has 20 heavy (non-hydrogen) atoms. The van der Waals surface area contributed by atoms with Crippen molar-refractivity contribution >= 4 is 11.6 Å². The number of hydrogen-bond donors (Lipinski definition) is 2. The fourth-order valence-corrected chi connectivity index (χ4v) is 2.28. The van der Waals surface area contributed by atoms with Crippen molar-refractivity contribution in [3.63, 3.8) is 0 Å². The summed E-state index contributed by atoms with van der Waals surface area (Å²) >= 11 is 5.95. The topological polar surface area (TPSA) is 47.3 Å². The molecular weight excluding hydrogens is 279 g/mol. The largest absolute Gasteiger partial charge is 0.494 e. The lowest BCUT2D eigenvalue weighted by atomic mass is 9.99. The van der Waals surface area contributed by atoms with Crippen LogP contribution in [0.1, 0.15) is 17.2 Å². The van der Waals surface area contributed by atoms with Gasteiger partial charge in [-0.1, -0.05) is 29.8 Å². The van der Waals surface area contributed by atoms with Gasteiger partial charge in [-0.05, 0) is 41.8 Å². The van der Waals surface area contributed by atoms with Gasteiger partial charge in [-0.15, -0.1) is 0 Å². The van der Waals surface area contributed by atoms with Gasteiger partial charge in [-0.2, -0.15) is 0 Å². The van der Waals surface area contributed by atoms with Crippen LogP contribution in [0.15, 0.2) is 42.5 Å². The number of nitrogens with one attached hydrogen (secondary N) is 1. The van der Waals surface area contributed by atoms with Crippen molar-refractivity contribution in [1.82, 2.24) is 5.43 Å². The van der Waals surface area contributed by atoms with E-state index in [0.29, 0.717) is 11.4 Å². The maximum Gasteiger partial charge on any atom is 0.165 e. The fourth-order valence-electron chi connectivity index (χ4n) is 2.07. The second-order valence-electron chi connectivity index (χ2n) is 4.45. The van der Waals surface area contributed by atoms with Crippen molar-refractivity contribution in [1.29, 1.82) is 0 Å². The molecule has 0 spiro atoms. The Hall–Kier alpha value is -1.62. The Morgan fingerprint density at radius 1 is 1.30 bits per heavy atom. The number of methoxy groups -OCH3 is 1. The van der Waals surface area contributed by atoms with Crippen LogP contribution in [0.3, 0.4) is 0 Å². The van der Waals surface area contributed by atoms with Gasteiger partial charge >= 0.3 is 0 Å². The molecule has 0 saturated carbocycles. The van der Waals surface area contributed by atoms with E-state index in [-0.39, 0.29) is 11.8 Å². The van der Waals surface area contributed by atoms with E-state index in [2.05, 4.69) is 5.43 Å². The lowest BCUT2D eigenvalue weighted by Gasteiger charge is -2.17. The third-order valence-corrected chi connectivity index (χ3v) is 3.34. The van der Waals surface area contributed by atoms with Crippen LogP contribution in [0.25, 0.3) is 0 Å². The fraction of sp³-hybridized carbons (Fsp3) is 0.200. The molecule has 0 aliphatic rings. The van der Waals surface area contributed by atoms with E-state index in [1.54, 1.807) is 12.1 Å². The van der Waals surface area contributed by atoms with Gasteiger partial charge in [0.25, 0.3) is 0 Å². The highest BCUT2D eigenvalue weighted by Crippen LogP contribution is 2.24. The Bertz CT molecular complexity index is 592. The minimum absolute atomic E-state index is 0.200. The molecular formula is C15H16ClFN2O. The van der Waals surface area contributed by atoms with E-state index < -0.39 is 5.82 Å². The Balaban J connectivity index is 2.22. The van der Waals surface area contributed by atoms with Crippen LogP contribution in [-0.4, -0.2) is 7.11 Å². The molecule has 0 radical (unpaired) electrons. The Morgan fingerprint density at radius 3 is 2.70 bits per heavy atom. The van der Waals surface area contributed by atoms with E-state index in [0.717, 1.165) is 11.1 Å². The highest BCUT2D eigenvalue weighted by molar-refractivity contribution is 6.30. The van der Waals surface area contributed by atoms with Crippen LogP contribution in [-0.2, 0) is 6.42 Å². The number of benzene rings is 2. The predicted octanol–water partition coefficient (Wildman–Crippen LogP) is 3.23. The third-order valence-electron chi connectivity index (χ3n) is 3.11. The summed E-state index contributed by atoms with van der Waals surface area (Å²) in [7, 11) is 1.43. The molecule has 3 nitrogen and oxygen atoms in total. The van der Waals surface area contributed by atoms with E-state index in [9.17, 15) is 4.39 Å². The number of nitrogens with two attached hydrogens (primary N) is 1. The summed E-state index contributed by atoms with van der Waals surface area (Å²) < 4.78 is 18.6. The molecule has 1 unspecified atom stereocenters. The van der Waals surface area contributed by atoms with Crippen LogP contribution in [0, 0.1) is 5.82 Å². The zero-order valence-corrected chi connectivity index (χ0v) is 11.8. The van der Waals surface area contributed by atoms with Gasteiger partial charge in [-0.25, -0.2) is 4.39 Å². The van der Waals surface area contributed by atoms with Crippen molar-refractivity contribution in [2.45, 2.75) is 12.5 Å². The van der Waals surface area contributed by atoms with Gasteiger partial charge in [0.05, 0.1) is 13.2 Å². The summed E-state index contributed by atoms with van der Waals surface area (Å²) in [5, 5.41) is 0.666. The molecule has 0 aromatic heterocycles. The number of ether oxygens (including phenoxy) is 1. The van der Waals surface area contributed by atoms with Crippen molar-refractivity contribution in [2.75, 3.05) is 7.11 Å². The van der Waals surface area contributed by atoms with Crippen LogP contribution in [0.5, 0.6) is 5.75 Å². The zero-order chi connectivity index (χ0) is 14.5. The van der Waals surface area contributed by atoms with Crippen molar-refractivity contribution < 1.29 is 9.13 Å². The lowest BCUT2D eigenvalue weighted by molar-refractivity contribution is 0.385. The molecule has 1 atom stereocenters. The van der Waals surface area contributed by atoms with Gasteiger partial charge in [0.2, 0.25) is 0 Å². The standard InChI is InChI=1S/C15H16ClFN2O/c1-20-15-6-5-11(9-13(15)17)14(19-18)8-10-3-2-4-12(16)7-10/h2-7,9,14,19H,8,18H2,1H3. The molecule has 0 fully saturated rings. The van der Waals surface area contributed by atoms with E-state index in [4.69, 9.17) is 22.2 Å². The van der Waals surface area contributed by atoms with Crippen molar-refractivity contribution in [3.8, 4) is 5.75 Å². The molecule has 2 aromatic rings. The second kappa shape index (κ2) is 6.70. The maximum absolute atomic E-state index is 13.7. The average Bonchev–Trinajstić information content (AvgIpc) is 2.44. The molecule has 0 aliphatic carbocycles. The second-order valence-corrected chi connectivity index (χ2v) is 4.88. The molecule has 2 rings (SSSR count). The van der Waals surface area contributed by atoms with Crippen LogP contribution in [0.4, 0.5) is 4.39 Å². The van der Waals surface area contributed by atoms with Gasteiger partial charge in [0.1, 0.15) is 0 Å². The first-order valence-corrected chi connectivity index (χ1v) is 6.56. The first-order valence-electron chi connectivity index (χ1n) is 6.18. The highest BCUT2D eigenvalue weighted by Gasteiger charge is 2.13. The number of hydrogen-bond acceptors (Lipinski definition) is 3. The van der Waals surface area contributed by atoms with E-state index in [1.165, 1.54) is 13.2 Å². The van der Waals surface area contributed by atoms with Crippen LogP contribution >= 0.6 is 11.6 Å². The highest BCUT2D eigenvalue weighted by atomic mass is 35.5. The monoisotopic (exact) mass is 294 g/mol. The molecule has 3 N–H and O–H groups in total. The first kappa shape index (κ1) is 14.8. The van der Waals surface area contributed by atoms with Crippen molar-refractivity contribution in [2.24, 2.45) is 5.84 Å². The Morgan fingerprint density at radius 2 is 2.10 bits per heavy atom. The Labute approximate surface area is 122 Å². The lowest BCUT2D eigenvalue weighted by Crippen LogP contribution is -2.29. The smallest absolute Gasteiger partial charge is 0.165 e. The third kappa shape index (κ3) is 3.48. The molecule has 5 heteroatoms. The molecule has 0 heterocycles. The Kier molecular flexibility index (Phi) is 4.95. The maximum atomic E-state index is 13.7. The van der Waals surface area contributed by atoms with Crippen molar-refractivity contribution in [3.05, 3.63) is 64.4 Å². The van der Waals surface area contributed by atoms with Crippen LogP contribution < -0.4 is 16.0 Å².